The molecule has 1 aromatic heterocycles. The van der Waals surface area contributed by atoms with Gasteiger partial charge in [0, 0.05) is 83.5 Å². The van der Waals surface area contributed by atoms with E-state index >= 15 is 4.39 Å². The molecule has 13 heteroatoms. The number of thiophene rings is 1. The number of likely N-dealkylation sites (tertiary alicyclic amines) is 3. The van der Waals surface area contributed by atoms with E-state index in [1.807, 2.05) is 26.8 Å². The summed E-state index contributed by atoms with van der Waals surface area (Å²) in [6.45, 7) is 8.71. The number of halogens is 4. The molecule has 0 saturated carbocycles. The number of amides is 2. The number of ether oxygens (including phenoxy) is 2. The minimum absolute atomic E-state index is 0.0899. The summed E-state index contributed by atoms with van der Waals surface area (Å²) in [5, 5.41) is 9.17. The maximum absolute atomic E-state index is 15.7. The third-order valence-corrected chi connectivity index (χ3v) is 8.53. The first kappa shape index (κ1) is 31.1. The van der Waals surface area contributed by atoms with Gasteiger partial charge in [-0.1, -0.05) is 12.2 Å². The van der Waals surface area contributed by atoms with E-state index in [1.165, 1.54) is 4.90 Å². The largest absolute Gasteiger partial charge is 0.488 e. The van der Waals surface area contributed by atoms with E-state index in [1.54, 1.807) is 11.0 Å². The van der Waals surface area contributed by atoms with Gasteiger partial charge in [-0.3, -0.25) is 9.69 Å². The average Bonchev–Trinajstić information content (AvgIpc) is 3.29. The highest BCUT2D eigenvalue weighted by Gasteiger charge is 2.45. The molecule has 41 heavy (non-hydrogen) atoms. The summed E-state index contributed by atoms with van der Waals surface area (Å²) in [5.41, 5.74) is -2.47. The standard InChI is InChI=1S/C28H36F4N4O4S/c1-26(2,3)40-25(38)36-17-19(18-36)5-4-10-34-13-8-27(29,9-14-34)24(37)35-11-6-20(7-12-35)39-21-15-23(28(30,31)32)41-22(21)16-33/h4-5,15,19-20H,6-14,17-18H2,1-3H3/b5-4+. The number of nitrogens with zero attached hydrogens (tertiary/aromatic N) is 4. The monoisotopic (exact) mass is 600 g/mol. The van der Waals surface area contributed by atoms with Crippen LogP contribution in [0.3, 0.4) is 0 Å². The molecule has 0 N–H and O–H groups in total. The molecule has 0 bridgehead atoms. The van der Waals surface area contributed by atoms with Crippen LogP contribution in [0.2, 0.25) is 0 Å². The predicted octanol–water partition coefficient (Wildman–Crippen LogP) is 5.24. The molecule has 0 spiro atoms. The van der Waals surface area contributed by atoms with Crippen molar-refractivity contribution in [1.82, 2.24) is 14.7 Å². The van der Waals surface area contributed by atoms with Crippen LogP contribution in [0.15, 0.2) is 18.2 Å². The van der Waals surface area contributed by atoms with Crippen molar-refractivity contribution in [2.24, 2.45) is 5.92 Å². The number of carbonyl (C=O) groups excluding carboxylic acids is 2. The van der Waals surface area contributed by atoms with Crippen LogP contribution in [-0.4, -0.2) is 89.9 Å². The van der Waals surface area contributed by atoms with Gasteiger partial charge in [-0.05, 0) is 20.8 Å². The van der Waals surface area contributed by atoms with Gasteiger partial charge in [0.05, 0.1) is 0 Å². The number of rotatable bonds is 6. The van der Waals surface area contributed by atoms with Crippen molar-refractivity contribution in [1.29, 1.82) is 5.26 Å². The molecular weight excluding hydrogens is 564 g/mol. The van der Waals surface area contributed by atoms with E-state index in [2.05, 4.69) is 11.0 Å². The Kier molecular flexibility index (Phi) is 9.23. The number of alkyl halides is 4. The highest BCUT2D eigenvalue weighted by molar-refractivity contribution is 7.13. The minimum Gasteiger partial charge on any atom is -0.488 e. The molecule has 3 saturated heterocycles. The van der Waals surface area contributed by atoms with E-state index in [-0.39, 0.29) is 48.6 Å². The fourth-order valence-corrected chi connectivity index (χ4v) is 5.89. The van der Waals surface area contributed by atoms with Crippen molar-refractivity contribution in [2.45, 2.75) is 70.0 Å². The molecule has 3 fully saturated rings. The molecule has 4 rings (SSSR count). The summed E-state index contributed by atoms with van der Waals surface area (Å²) in [5.74, 6) is -0.384. The van der Waals surface area contributed by atoms with Gasteiger partial charge in [0.15, 0.2) is 5.67 Å². The van der Waals surface area contributed by atoms with Gasteiger partial charge in [-0.25, -0.2) is 9.18 Å². The zero-order chi connectivity index (χ0) is 30.0. The lowest BCUT2D eigenvalue weighted by molar-refractivity contribution is -0.149. The summed E-state index contributed by atoms with van der Waals surface area (Å²) in [6, 6.07) is 2.58. The molecule has 8 nitrogen and oxygen atoms in total. The van der Waals surface area contributed by atoms with Crippen molar-refractivity contribution in [3.05, 3.63) is 28.0 Å². The van der Waals surface area contributed by atoms with E-state index in [4.69, 9.17) is 9.47 Å². The van der Waals surface area contributed by atoms with Crippen molar-refractivity contribution < 1.29 is 36.6 Å². The third-order valence-electron chi connectivity index (χ3n) is 7.47. The van der Waals surface area contributed by atoms with Crippen molar-refractivity contribution >= 4 is 23.3 Å². The summed E-state index contributed by atoms with van der Waals surface area (Å²) < 4.78 is 65.7. The lowest BCUT2D eigenvalue weighted by Crippen LogP contribution is -2.54. The first-order valence-corrected chi connectivity index (χ1v) is 14.6. The molecule has 2 amide bonds. The minimum atomic E-state index is -4.56. The van der Waals surface area contributed by atoms with E-state index in [9.17, 15) is 28.0 Å². The molecular formula is C28H36F4N4O4S. The maximum Gasteiger partial charge on any atom is 0.425 e. The topological polar surface area (TPSA) is 86.1 Å². The number of piperidine rings is 2. The highest BCUT2D eigenvalue weighted by atomic mass is 32.1. The van der Waals surface area contributed by atoms with Crippen LogP contribution in [-0.2, 0) is 15.7 Å². The molecule has 3 aliphatic rings. The van der Waals surface area contributed by atoms with Crippen LogP contribution < -0.4 is 4.74 Å². The summed E-state index contributed by atoms with van der Waals surface area (Å²) in [7, 11) is 0. The summed E-state index contributed by atoms with van der Waals surface area (Å²) >= 11 is 0.339. The van der Waals surface area contributed by atoms with Gasteiger partial charge >= 0.3 is 12.3 Å². The van der Waals surface area contributed by atoms with Crippen LogP contribution in [0.4, 0.5) is 22.4 Å². The second kappa shape index (κ2) is 12.2. The van der Waals surface area contributed by atoms with E-state index < -0.39 is 34.3 Å². The Labute approximate surface area is 241 Å². The number of nitriles is 1. The Morgan fingerprint density at radius 1 is 1.12 bits per heavy atom. The number of hydrogen-bond donors (Lipinski definition) is 0. The van der Waals surface area contributed by atoms with Gasteiger partial charge in [-0.2, -0.15) is 18.4 Å². The predicted molar refractivity (Wildman–Crippen MR) is 144 cm³/mol. The Morgan fingerprint density at radius 2 is 1.76 bits per heavy atom. The fourth-order valence-electron chi connectivity index (χ4n) is 5.14. The molecule has 3 aliphatic heterocycles. The van der Waals surface area contributed by atoms with Gasteiger partial charge in [0.2, 0.25) is 0 Å². The van der Waals surface area contributed by atoms with Gasteiger partial charge in [0.1, 0.15) is 33.3 Å². The molecule has 0 aromatic carbocycles. The Morgan fingerprint density at radius 3 is 2.32 bits per heavy atom. The molecule has 0 atom stereocenters. The average molecular weight is 601 g/mol. The second-order valence-electron chi connectivity index (χ2n) is 11.9. The SMILES string of the molecule is CC(C)(C)OC(=O)N1CC(/C=C/CN2CCC(F)(C(=O)N3CCC(Oc4cc(C(F)(F)F)sc4C#N)CC3)CC2)C1. The molecule has 0 unspecified atom stereocenters. The van der Waals surface area contributed by atoms with Gasteiger partial charge in [0.25, 0.3) is 5.91 Å². The molecule has 0 aliphatic carbocycles. The first-order chi connectivity index (χ1) is 19.2. The molecule has 226 valence electrons. The van der Waals surface area contributed by atoms with Crippen molar-refractivity contribution in [3.8, 4) is 11.8 Å². The number of hydrogen-bond acceptors (Lipinski definition) is 7. The molecule has 4 heterocycles. The quantitative estimate of drug-likeness (QED) is 0.328. The summed E-state index contributed by atoms with van der Waals surface area (Å²) in [4.78, 5) is 29.3. The van der Waals surface area contributed by atoms with Crippen molar-refractivity contribution in [2.75, 3.05) is 45.8 Å². The molecule has 1 aromatic rings. The van der Waals surface area contributed by atoms with E-state index in [0.29, 0.717) is 56.9 Å². The zero-order valence-electron chi connectivity index (χ0n) is 23.5. The normalized spacial score (nSPS) is 21.0. The van der Waals surface area contributed by atoms with Crippen LogP contribution >= 0.6 is 11.3 Å². The lowest BCUT2D eigenvalue weighted by Gasteiger charge is -2.40. The van der Waals surface area contributed by atoms with Crippen LogP contribution in [0, 0.1) is 17.2 Å². The Hall–Kier alpha value is -2.85. The van der Waals surface area contributed by atoms with Crippen LogP contribution in [0.25, 0.3) is 0 Å². The zero-order valence-corrected chi connectivity index (χ0v) is 24.3. The Bertz CT molecular complexity index is 1170. The fraction of sp³-hybridized carbons (Fsp3) is 0.679. The first-order valence-electron chi connectivity index (χ1n) is 13.8. The Balaban J connectivity index is 1.17. The lowest BCUT2D eigenvalue weighted by atomic mass is 9.90. The smallest absolute Gasteiger partial charge is 0.425 e. The third kappa shape index (κ3) is 7.92. The van der Waals surface area contributed by atoms with Crippen LogP contribution in [0.1, 0.15) is 56.2 Å². The maximum atomic E-state index is 15.7. The molecule has 0 radical (unpaired) electrons. The van der Waals surface area contributed by atoms with Crippen molar-refractivity contribution in [3.63, 3.8) is 0 Å². The number of carbonyl (C=O) groups is 2. The van der Waals surface area contributed by atoms with E-state index in [0.717, 1.165) is 6.07 Å². The highest BCUT2D eigenvalue weighted by Crippen LogP contribution is 2.40. The summed E-state index contributed by atoms with van der Waals surface area (Å²) in [6.07, 6.45) is -0.379. The van der Waals surface area contributed by atoms with Gasteiger partial charge in [-0.15, -0.1) is 11.3 Å². The van der Waals surface area contributed by atoms with Gasteiger partial charge < -0.3 is 19.3 Å². The van der Waals surface area contributed by atoms with Crippen LogP contribution in [0.5, 0.6) is 5.75 Å². The second-order valence-corrected chi connectivity index (χ2v) is 12.9.